The van der Waals surface area contributed by atoms with Crippen LogP contribution < -0.4 is 19.7 Å². The number of urea groups is 1. The van der Waals surface area contributed by atoms with Crippen molar-refractivity contribution in [3.63, 3.8) is 0 Å². The number of rotatable bonds is 6. The average Bonchev–Trinajstić information content (AvgIpc) is 2.91. The van der Waals surface area contributed by atoms with Crippen LogP contribution in [0.5, 0.6) is 11.5 Å². The first-order chi connectivity index (χ1) is 17.9. The minimum atomic E-state index is -0.814. The van der Waals surface area contributed by atoms with Crippen molar-refractivity contribution < 1.29 is 23.9 Å². The molecule has 0 aromatic heterocycles. The zero-order valence-corrected chi connectivity index (χ0v) is 20.4. The van der Waals surface area contributed by atoms with Gasteiger partial charge in [0.05, 0.1) is 12.8 Å². The van der Waals surface area contributed by atoms with Crippen LogP contribution in [0.1, 0.15) is 16.7 Å². The zero-order valence-electron chi connectivity index (χ0n) is 20.4. The number of ether oxygens (including phenoxy) is 2. The number of carbonyl (C=O) groups excluding carboxylic acids is 3. The maximum Gasteiger partial charge on any atom is 0.335 e. The highest BCUT2D eigenvalue weighted by molar-refractivity contribution is 6.39. The van der Waals surface area contributed by atoms with E-state index in [1.807, 2.05) is 61.5 Å². The number of aryl methyl sites for hydroxylation is 1. The SMILES string of the molecule is COc1ccc2ccccc2c1/C=C1\C(=O)NC(=O)N(c2ccc(OCc3ccc(C)cc3)cc2)C1=O. The second-order valence-corrected chi connectivity index (χ2v) is 8.63. The Labute approximate surface area is 213 Å². The minimum Gasteiger partial charge on any atom is -0.496 e. The van der Waals surface area contributed by atoms with E-state index in [1.165, 1.54) is 18.7 Å². The summed E-state index contributed by atoms with van der Waals surface area (Å²) in [4.78, 5) is 39.7. The number of methoxy groups -OCH3 is 1. The minimum absolute atomic E-state index is 0.172. The summed E-state index contributed by atoms with van der Waals surface area (Å²) in [6.45, 7) is 2.41. The Hall–Kier alpha value is -4.91. The van der Waals surface area contributed by atoms with Crippen LogP contribution in [0.4, 0.5) is 10.5 Å². The Kier molecular flexibility index (Phi) is 6.43. The van der Waals surface area contributed by atoms with Gasteiger partial charge in [-0.05, 0) is 59.7 Å². The molecule has 4 aromatic carbocycles. The van der Waals surface area contributed by atoms with Gasteiger partial charge in [-0.25, -0.2) is 9.69 Å². The smallest absolute Gasteiger partial charge is 0.335 e. The molecular formula is C30H24N2O5. The highest BCUT2D eigenvalue weighted by Gasteiger charge is 2.37. The molecule has 1 aliphatic heterocycles. The molecule has 0 saturated carbocycles. The molecular weight excluding hydrogens is 468 g/mol. The summed E-state index contributed by atoms with van der Waals surface area (Å²) in [5.74, 6) is -0.400. The summed E-state index contributed by atoms with van der Waals surface area (Å²) >= 11 is 0. The number of barbiturate groups is 1. The Morgan fingerprint density at radius 1 is 0.865 bits per heavy atom. The quantitative estimate of drug-likeness (QED) is 0.288. The second kappa shape index (κ2) is 9.99. The standard InChI is InChI=1S/C30H24N2O5/c1-19-7-9-20(10-8-19)18-37-23-14-12-22(13-15-23)32-29(34)26(28(33)31-30(32)35)17-25-24-6-4-3-5-21(24)11-16-27(25)36-2/h3-17H,18H2,1-2H3,(H,31,33,35)/b26-17+. The number of anilines is 1. The highest BCUT2D eigenvalue weighted by Crippen LogP contribution is 2.32. The molecule has 1 heterocycles. The molecule has 1 saturated heterocycles. The van der Waals surface area contributed by atoms with E-state index in [2.05, 4.69) is 5.32 Å². The van der Waals surface area contributed by atoms with E-state index < -0.39 is 17.8 Å². The van der Waals surface area contributed by atoms with Crippen LogP contribution in [0.25, 0.3) is 16.8 Å². The van der Waals surface area contributed by atoms with Gasteiger partial charge in [-0.3, -0.25) is 14.9 Å². The van der Waals surface area contributed by atoms with Crippen LogP contribution in [-0.4, -0.2) is 25.0 Å². The molecule has 1 aliphatic rings. The molecule has 0 radical (unpaired) electrons. The van der Waals surface area contributed by atoms with Crippen molar-refractivity contribution in [2.75, 3.05) is 12.0 Å². The molecule has 37 heavy (non-hydrogen) atoms. The number of carbonyl (C=O) groups is 3. The molecule has 0 bridgehead atoms. The molecule has 5 rings (SSSR count). The maximum atomic E-state index is 13.4. The molecule has 7 nitrogen and oxygen atoms in total. The first kappa shape index (κ1) is 23.8. The van der Waals surface area contributed by atoms with Crippen LogP contribution >= 0.6 is 0 Å². The largest absolute Gasteiger partial charge is 0.496 e. The van der Waals surface area contributed by atoms with Crippen molar-refractivity contribution in [2.24, 2.45) is 0 Å². The number of benzene rings is 4. The number of fused-ring (bicyclic) bond motifs is 1. The van der Waals surface area contributed by atoms with Crippen LogP contribution in [-0.2, 0) is 16.2 Å². The fourth-order valence-electron chi connectivity index (χ4n) is 4.18. The van der Waals surface area contributed by atoms with E-state index in [0.717, 1.165) is 21.2 Å². The molecule has 4 aromatic rings. The zero-order chi connectivity index (χ0) is 25.9. The predicted octanol–water partition coefficient (Wildman–Crippen LogP) is 5.40. The molecule has 1 fully saturated rings. The van der Waals surface area contributed by atoms with E-state index >= 15 is 0 Å². The molecule has 0 atom stereocenters. The number of imide groups is 2. The van der Waals surface area contributed by atoms with Gasteiger partial charge in [0.1, 0.15) is 23.7 Å². The Bertz CT molecular complexity index is 1540. The summed E-state index contributed by atoms with van der Waals surface area (Å²) < 4.78 is 11.3. The average molecular weight is 493 g/mol. The Morgan fingerprint density at radius 2 is 1.59 bits per heavy atom. The van der Waals surface area contributed by atoms with Crippen molar-refractivity contribution in [3.05, 3.63) is 107 Å². The number of amides is 4. The van der Waals surface area contributed by atoms with Crippen molar-refractivity contribution in [2.45, 2.75) is 13.5 Å². The first-order valence-electron chi connectivity index (χ1n) is 11.7. The summed E-state index contributed by atoms with van der Waals surface area (Å²) in [6.07, 6.45) is 1.47. The van der Waals surface area contributed by atoms with Gasteiger partial charge in [-0.1, -0.05) is 60.2 Å². The van der Waals surface area contributed by atoms with Gasteiger partial charge in [-0.2, -0.15) is 0 Å². The maximum absolute atomic E-state index is 13.4. The van der Waals surface area contributed by atoms with Gasteiger partial charge in [0.25, 0.3) is 11.8 Å². The van der Waals surface area contributed by atoms with Crippen molar-refractivity contribution in [3.8, 4) is 11.5 Å². The first-order valence-corrected chi connectivity index (χ1v) is 11.7. The van der Waals surface area contributed by atoms with Gasteiger partial charge in [0.15, 0.2) is 0 Å². The van der Waals surface area contributed by atoms with Crippen molar-refractivity contribution in [1.82, 2.24) is 5.32 Å². The molecule has 0 unspecified atom stereocenters. The Morgan fingerprint density at radius 3 is 2.32 bits per heavy atom. The van der Waals surface area contributed by atoms with Crippen LogP contribution in [0, 0.1) is 6.92 Å². The van der Waals surface area contributed by atoms with Gasteiger partial charge < -0.3 is 9.47 Å². The third-order valence-electron chi connectivity index (χ3n) is 6.16. The van der Waals surface area contributed by atoms with Gasteiger partial charge in [0, 0.05) is 5.56 Å². The van der Waals surface area contributed by atoms with Crippen LogP contribution in [0.3, 0.4) is 0 Å². The Balaban J connectivity index is 1.43. The normalized spacial score (nSPS) is 14.7. The van der Waals surface area contributed by atoms with E-state index in [-0.39, 0.29) is 5.57 Å². The number of nitrogens with zero attached hydrogens (tertiary/aromatic N) is 1. The number of hydrogen-bond donors (Lipinski definition) is 1. The monoisotopic (exact) mass is 492 g/mol. The summed E-state index contributed by atoms with van der Waals surface area (Å²) in [5.41, 5.74) is 2.91. The molecule has 1 N–H and O–H groups in total. The van der Waals surface area contributed by atoms with Gasteiger partial charge in [0.2, 0.25) is 0 Å². The van der Waals surface area contributed by atoms with E-state index in [0.29, 0.717) is 29.4 Å². The number of hydrogen-bond acceptors (Lipinski definition) is 5. The topological polar surface area (TPSA) is 84.9 Å². The third-order valence-corrected chi connectivity index (χ3v) is 6.16. The van der Waals surface area contributed by atoms with Crippen molar-refractivity contribution >= 4 is 40.4 Å². The fraction of sp³-hybridized carbons (Fsp3) is 0.100. The molecule has 4 amide bonds. The van der Waals surface area contributed by atoms with E-state index in [1.54, 1.807) is 30.3 Å². The van der Waals surface area contributed by atoms with Gasteiger partial charge in [-0.15, -0.1) is 0 Å². The third kappa shape index (κ3) is 4.79. The lowest BCUT2D eigenvalue weighted by molar-refractivity contribution is -0.122. The van der Waals surface area contributed by atoms with E-state index in [4.69, 9.17) is 9.47 Å². The highest BCUT2D eigenvalue weighted by atomic mass is 16.5. The molecule has 7 heteroatoms. The predicted molar refractivity (Wildman–Crippen MR) is 141 cm³/mol. The van der Waals surface area contributed by atoms with Crippen LogP contribution in [0.2, 0.25) is 0 Å². The van der Waals surface area contributed by atoms with Crippen molar-refractivity contribution in [1.29, 1.82) is 0 Å². The van der Waals surface area contributed by atoms with E-state index in [9.17, 15) is 14.4 Å². The number of nitrogens with one attached hydrogen (secondary N) is 1. The lowest BCUT2D eigenvalue weighted by Crippen LogP contribution is -2.54. The molecule has 0 spiro atoms. The lowest BCUT2D eigenvalue weighted by atomic mass is 9.99. The summed E-state index contributed by atoms with van der Waals surface area (Å²) in [7, 11) is 1.52. The van der Waals surface area contributed by atoms with Gasteiger partial charge >= 0.3 is 6.03 Å². The molecule has 0 aliphatic carbocycles. The van der Waals surface area contributed by atoms with Crippen LogP contribution in [0.15, 0.2) is 90.5 Å². The molecule has 184 valence electrons. The second-order valence-electron chi connectivity index (χ2n) is 8.63. The summed E-state index contributed by atoms with van der Waals surface area (Å²) in [5, 5.41) is 4.00. The lowest BCUT2D eigenvalue weighted by Gasteiger charge is -2.26. The summed E-state index contributed by atoms with van der Waals surface area (Å²) in [6, 6.07) is 25.0. The fourth-order valence-corrected chi connectivity index (χ4v) is 4.18.